The molecule has 4 heteroatoms. The molecule has 0 bridgehead atoms. The molecule has 0 aromatic heterocycles. The molecule has 0 aliphatic carbocycles. The van der Waals surface area contributed by atoms with Gasteiger partial charge in [0.25, 0.3) is 0 Å². The van der Waals surface area contributed by atoms with Gasteiger partial charge in [-0.1, -0.05) is 0 Å². The van der Waals surface area contributed by atoms with Gasteiger partial charge in [0.15, 0.2) is 5.78 Å². The van der Waals surface area contributed by atoms with E-state index in [2.05, 4.69) is 4.74 Å². The van der Waals surface area contributed by atoms with Crippen LogP contribution in [0.2, 0.25) is 0 Å². The van der Waals surface area contributed by atoms with Gasteiger partial charge < -0.3 is 4.74 Å². The lowest BCUT2D eigenvalue weighted by molar-refractivity contribution is -0.0499. The second-order valence-corrected chi connectivity index (χ2v) is 2.97. The summed E-state index contributed by atoms with van der Waals surface area (Å²) in [4.78, 5) is 11.0. The van der Waals surface area contributed by atoms with Crippen molar-refractivity contribution >= 4 is 5.78 Å². The average Bonchev–Trinajstić information content (AvgIpc) is 2.01. The number of alkyl halides is 2. The first-order chi connectivity index (χ1) is 6.49. The summed E-state index contributed by atoms with van der Waals surface area (Å²) in [5.41, 5.74) is 1.09. The molecule has 2 nitrogen and oxygen atoms in total. The molecule has 0 aliphatic rings. The van der Waals surface area contributed by atoms with Crippen molar-refractivity contribution in [1.29, 1.82) is 0 Å². The lowest BCUT2D eigenvalue weighted by atomic mass is 10.1. The summed E-state index contributed by atoms with van der Waals surface area (Å²) in [5, 5.41) is 0. The number of ether oxygens (including phenoxy) is 1. The molecule has 76 valence electrons. The van der Waals surface area contributed by atoms with Gasteiger partial charge in [0.1, 0.15) is 5.75 Å². The maximum Gasteiger partial charge on any atom is 0.387 e. The third-order valence-corrected chi connectivity index (χ3v) is 1.68. The zero-order valence-electron chi connectivity index (χ0n) is 7.88. The van der Waals surface area contributed by atoms with Crippen LogP contribution >= 0.6 is 0 Å². The summed E-state index contributed by atoms with van der Waals surface area (Å²) in [6.45, 7) is 0.225. The molecule has 0 radical (unpaired) electrons. The van der Waals surface area contributed by atoms with E-state index in [9.17, 15) is 13.6 Å². The van der Waals surface area contributed by atoms with Crippen LogP contribution in [0.5, 0.6) is 5.75 Å². The quantitative estimate of drug-likeness (QED) is 0.701. The standard InChI is InChI=1S/C10H10F2O2/c1-6-3-8(7(2)13)5-9(4-6)14-10(11)12/h3-5,10H,1-2H3. The van der Waals surface area contributed by atoms with Crippen molar-refractivity contribution in [1.82, 2.24) is 0 Å². The van der Waals surface area contributed by atoms with Gasteiger partial charge in [-0.15, -0.1) is 0 Å². The molecule has 0 amide bonds. The van der Waals surface area contributed by atoms with E-state index in [0.29, 0.717) is 11.1 Å². The number of Topliss-reactive ketones (excluding diaryl/α,β-unsaturated/α-hetero) is 1. The van der Waals surface area contributed by atoms with Crippen molar-refractivity contribution in [2.45, 2.75) is 20.5 Å². The molecule has 0 heterocycles. The molecular weight excluding hydrogens is 190 g/mol. The number of carbonyl (C=O) groups excluding carboxylic acids is 1. The Morgan fingerprint density at radius 1 is 1.36 bits per heavy atom. The summed E-state index contributed by atoms with van der Waals surface area (Å²) < 4.78 is 28.0. The number of hydrogen-bond acceptors (Lipinski definition) is 2. The van der Waals surface area contributed by atoms with Crippen LogP contribution in [0.1, 0.15) is 22.8 Å². The third-order valence-electron chi connectivity index (χ3n) is 1.68. The second kappa shape index (κ2) is 4.17. The van der Waals surface area contributed by atoms with Gasteiger partial charge in [0.2, 0.25) is 0 Å². The molecule has 0 N–H and O–H groups in total. The number of halogens is 2. The second-order valence-electron chi connectivity index (χ2n) is 2.97. The van der Waals surface area contributed by atoms with E-state index in [4.69, 9.17) is 0 Å². The van der Waals surface area contributed by atoms with Crippen molar-refractivity contribution in [2.75, 3.05) is 0 Å². The first-order valence-electron chi connectivity index (χ1n) is 4.06. The Morgan fingerprint density at radius 3 is 2.50 bits per heavy atom. The summed E-state index contributed by atoms with van der Waals surface area (Å²) in [6, 6.07) is 4.39. The Balaban J connectivity index is 3.01. The monoisotopic (exact) mass is 200 g/mol. The predicted molar refractivity (Wildman–Crippen MR) is 47.8 cm³/mol. The zero-order valence-corrected chi connectivity index (χ0v) is 7.88. The Morgan fingerprint density at radius 2 is 2.00 bits per heavy atom. The summed E-state index contributed by atoms with van der Waals surface area (Å²) in [5.74, 6) is -0.155. The van der Waals surface area contributed by atoms with Gasteiger partial charge in [-0.25, -0.2) is 0 Å². The average molecular weight is 200 g/mol. The molecule has 0 unspecified atom stereocenters. The Bertz CT molecular complexity index is 348. The minimum absolute atomic E-state index is 0.0187. The van der Waals surface area contributed by atoms with Gasteiger partial charge in [-0.05, 0) is 37.6 Å². The number of aryl methyl sites for hydroxylation is 1. The van der Waals surface area contributed by atoms with Gasteiger partial charge in [-0.3, -0.25) is 4.79 Å². The largest absolute Gasteiger partial charge is 0.435 e. The maximum atomic E-state index is 11.9. The first-order valence-corrected chi connectivity index (χ1v) is 4.06. The highest BCUT2D eigenvalue weighted by molar-refractivity contribution is 5.94. The molecule has 14 heavy (non-hydrogen) atoms. The fourth-order valence-electron chi connectivity index (χ4n) is 1.12. The summed E-state index contributed by atoms with van der Waals surface area (Å²) >= 11 is 0. The molecule has 0 spiro atoms. The highest BCUT2D eigenvalue weighted by atomic mass is 19.3. The smallest absolute Gasteiger partial charge is 0.387 e. The zero-order chi connectivity index (χ0) is 10.7. The molecule has 0 fully saturated rings. The summed E-state index contributed by atoms with van der Waals surface area (Å²) in [6.07, 6.45) is 0. The fourth-order valence-corrected chi connectivity index (χ4v) is 1.12. The van der Waals surface area contributed by atoms with E-state index < -0.39 is 6.61 Å². The van der Waals surface area contributed by atoms with Gasteiger partial charge in [-0.2, -0.15) is 8.78 Å². The highest BCUT2D eigenvalue weighted by Gasteiger charge is 2.07. The number of ketones is 1. The molecule has 0 saturated heterocycles. The van der Waals surface area contributed by atoms with Crippen LogP contribution in [-0.2, 0) is 0 Å². The molecule has 0 atom stereocenters. The van der Waals surface area contributed by atoms with E-state index in [1.54, 1.807) is 13.0 Å². The Labute approximate surface area is 80.5 Å². The number of carbonyl (C=O) groups is 1. The van der Waals surface area contributed by atoms with Gasteiger partial charge in [0.05, 0.1) is 0 Å². The SMILES string of the molecule is CC(=O)c1cc(C)cc(OC(F)F)c1. The van der Waals surface area contributed by atoms with Crippen molar-refractivity contribution in [2.24, 2.45) is 0 Å². The first kappa shape index (κ1) is 10.6. The molecule has 1 rings (SSSR count). The molecule has 0 saturated carbocycles. The number of rotatable bonds is 3. The number of benzene rings is 1. The van der Waals surface area contributed by atoms with E-state index in [1.807, 2.05) is 0 Å². The molecular formula is C10H10F2O2. The topological polar surface area (TPSA) is 26.3 Å². The lowest BCUT2D eigenvalue weighted by Gasteiger charge is -2.06. The van der Waals surface area contributed by atoms with E-state index in [1.165, 1.54) is 19.1 Å². The van der Waals surface area contributed by atoms with Crippen LogP contribution in [0.4, 0.5) is 8.78 Å². The molecule has 1 aromatic rings. The van der Waals surface area contributed by atoms with Crippen molar-refractivity contribution in [3.05, 3.63) is 29.3 Å². The maximum absolute atomic E-state index is 11.9. The van der Waals surface area contributed by atoms with Crippen LogP contribution in [0.25, 0.3) is 0 Å². The third kappa shape index (κ3) is 2.80. The van der Waals surface area contributed by atoms with Crippen LogP contribution in [0.3, 0.4) is 0 Å². The van der Waals surface area contributed by atoms with E-state index in [-0.39, 0.29) is 11.5 Å². The summed E-state index contributed by atoms with van der Waals surface area (Å²) in [7, 11) is 0. The van der Waals surface area contributed by atoms with Gasteiger partial charge in [0, 0.05) is 5.56 Å². The van der Waals surface area contributed by atoms with E-state index in [0.717, 1.165) is 0 Å². The Kier molecular flexibility index (Phi) is 3.17. The van der Waals surface area contributed by atoms with Crippen LogP contribution in [-0.4, -0.2) is 12.4 Å². The minimum atomic E-state index is -2.86. The fraction of sp³-hybridized carbons (Fsp3) is 0.300. The molecule has 0 aliphatic heterocycles. The van der Waals surface area contributed by atoms with Crippen molar-refractivity contribution in [3.63, 3.8) is 0 Å². The normalized spacial score (nSPS) is 10.4. The predicted octanol–water partition coefficient (Wildman–Crippen LogP) is 2.80. The van der Waals surface area contributed by atoms with Crippen LogP contribution in [0, 0.1) is 6.92 Å². The minimum Gasteiger partial charge on any atom is -0.435 e. The van der Waals surface area contributed by atoms with Gasteiger partial charge >= 0.3 is 6.61 Å². The Hall–Kier alpha value is -1.45. The van der Waals surface area contributed by atoms with Crippen LogP contribution in [0.15, 0.2) is 18.2 Å². The molecule has 1 aromatic carbocycles. The van der Waals surface area contributed by atoms with Crippen LogP contribution < -0.4 is 4.74 Å². The lowest BCUT2D eigenvalue weighted by Crippen LogP contribution is -2.03. The van der Waals surface area contributed by atoms with Crippen molar-refractivity contribution in [3.8, 4) is 5.75 Å². The van der Waals surface area contributed by atoms with E-state index >= 15 is 0 Å². The number of hydrogen-bond donors (Lipinski definition) is 0. The van der Waals surface area contributed by atoms with Crippen molar-refractivity contribution < 1.29 is 18.3 Å². The highest BCUT2D eigenvalue weighted by Crippen LogP contribution is 2.19.